The second-order valence-corrected chi connectivity index (χ2v) is 4.99. The molecule has 0 aromatic heterocycles. The molecule has 2 rings (SSSR count). The third-order valence-corrected chi connectivity index (χ3v) is 3.41. The van der Waals surface area contributed by atoms with E-state index in [-0.39, 0.29) is 5.56 Å². The van der Waals surface area contributed by atoms with Crippen LogP contribution < -0.4 is 5.32 Å². The van der Waals surface area contributed by atoms with E-state index in [2.05, 4.69) is 12.2 Å². The molecule has 0 aliphatic rings. The zero-order valence-corrected chi connectivity index (χ0v) is 12.0. The van der Waals surface area contributed by atoms with Gasteiger partial charge in [-0.15, -0.1) is 0 Å². The van der Waals surface area contributed by atoms with Gasteiger partial charge in [-0.25, -0.2) is 8.78 Å². The van der Waals surface area contributed by atoms with E-state index in [1.807, 2.05) is 6.07 Å². The highest BCUT2D eigenvalue weighted by atomic mass is 35.5. The van der Waals surface area contributed by atoms with E-state index in [1.165, 1.54) is 6.07 Å². The fourth-order valence-corrected chi connectivity index (χ4v) is 2.23. The van der Waals surface area contributed by atoms with Crippen LogP contribution in [0, 0.1) is 11.6 Å². The van der Waals surface area contributed by atoms with Crippen molar-refractivity contribution >= 4 is 11.6 Å². The van der Waals surface area contributed by atoms with E-state index < -0.39 is 11.6 Å². The molecule has 0 saturated carbocycles. The van der Waals surface area contributed by atoms with Crippen molar-refractivity contribution in [1.29, 1.82) is 0 Å². The highest BCUT2D eigenvalue weighted by molar-refractivity contribution is 6.31. The summed E-state index contributed by atoms with van der Waals surface area (Å²) in [5, 5.41) is 3.80. The van der Waals surface area contributed by atoms with Gasteiger partial charge in [-0.05, 0) is 36.2 Å². The molecule has 2 aromatic carbocycles. The Kier molecular flexibility index (Phi) is 5.10. The van der Waals surface area contributed by atoms with Gasteiger partial charge in [-0.1, -0.05) is 42.8 Å². The Bertz CT molecular complexity index is 599. The summed E-state index contributed by atoms with van der Waals surface area (Å²) in [6.45, 7) is 3.67. The predicted molar refractivity (Wildman–Crippen MR) is 78.8 cm³/mol. The summed E-state index contributed by atoms with van der Waals surface area (Å²) in [6, 6.07) is 9.39. The molecule has 4 heteroatoms. The van der Waals surface area contributed by atoms with Gasteiger partial charge in [0.05, 0.1) is 0 Å². The molecule has 0 saturated heterocycles. The first-order valence-electron chi connectivity index (χ1n) is 6.57. The molecular formula is C16H16ClF2N. The molecule has 0 aliphatic carbocycles. The maximum absolute atomic E-state index is 13.7. The minimum Gasteiger partial charge on any atom is -0.313 e. The fraction of sp³-hybridized carbons (Fsp3) is 0.250. The van der Waals surface area contributed by atoms with E-state index in [0.717, 1.165) is 24.6 Å². The van der Waals surface area contributed by atoms with Crippen LogP contribution in [0.4, 0.5) is 8.78 Å². The van der Waals surface area contributed by atoms with Gasteiger partial charge in [-0.3, -0.25) is 0 Å². The Morgan fingerprint density at radius 3 is 2.65 bits per heavy atom. The first kappa shape index (κ1) is 14.9. The quantitative estimate of drug-likeness (QED) is 0.782. The summed E-state index contributed by atoms with van der Waals surface area (Å²) in [6.07, 6.45) is 1.05. The third kappa shape index (κ3) is 3.35. The maximum atomic E-state index is 13.7. The molecule has 0 heterocycles. The first-order chi connectivity index (χ1) is 9.63. The average molecular weight is 296 g/mol. The zero-order chi connectivity index (χ0) is 14.5. The van der Waals surface area contributed by atoms with E-state index in [0.29, 0.717) is 17.1 Å². The van der Waals surface area contributed by atoms with Gasteiger partial charge in [-0.2, -0.15) is 0 Å². The highest BCUT2D eigenvalue weighted by Crippen LogP contribution is 2.28. The number of hydrogen-bond acceptors (Lipinski definition) is 1. The molecule has 0 atom stereocenters. The molecule has 0 aliphatic heterocycles. The molecule has 0 spiro atoms. The van der Waals surface area contributed by atoms with Crippen LogP contribution in [0.1, 0.15) is 18.9 Å². The molecule has 1 N–H and O–H groups in total. The molecule has 0 radical (unpaired) electrons. The number of benzene rings is 2. The lowest BCUT2D eigenvalue weighted by molar-refractivity contribution is 0.511. The average Bonchev–Trinajstić information content (AvgIpc) is 2.44. The van der Waals surface area contributed by atoms with E-state index in [1.54, 1.807) is 18.2 Å². The molecule has 0 fully saturated rings. The Morgan fingerprint density at radius 2 is 1.95 bits per heavy atom. The van der Waals surface area contributed by atoms with Crippen LogP contribution in [0.25, 0.3) is 11.1 Å². The van der Waals surface area contributed by atoms with E-state index >= 15 is 0 Å². The van der Waals surface area contributed by atoms with Crippen molar-refractivity contribution in [1.82, 2.24) is 5.32 Å². The molecule has 2 aromatic rings. The smallest absolute Gasteiger partial charge is 0.166 e. The number of hydrogen-bond donors (Lipinski definition) is 1. The minimum atomic E-state index is -0.854. The molecule has 106 valence electrons. The van der Waals surface area contributed by atoms with Gasteiger partial charge in [0, 0.05) is 17.1 Å². The summed E-state index contributed by atoms with van der Waals surface area (Å²) in [5.74, 6) is -1.70. The van der Waals surface area contributed by atoms with Crippen molar-refractivity contribution in [2.75, 3.05) is 6.54 Å². The Hall–Kier alpha value is -1.45. The predicted octanol–water partition coefficient (Wildman–Crippen LogP) is 4.78. The maximum Gasteiger partial charge on any atom is 0.166 e. The van der Waals surface area contributed by atoms with Gasteiger partial charge in [0.15, 0.2) is 11.6 Å². The van der Waals surface area contributed by atoms with E-state index in [4.69, 9.17) is 11.6 Å². The lowest BCUT2D eigenvalue weighted by Crippen LogP contribution is -2.14. The zero-order valence-electron chi connectivity index (χ0n) is 11.2. The normalized spacial score (nSPS) is 10.8. The van der Waals surface area contributed by atoms with Crippen molar-refractivity contribution in [3.63, 3.8) is 0 Å². The lowest BCUT2D eigenvalue weighted by Gasteiger charge is -2.09. The van der Waals surface area contributed by atoms with Crippen molar-refractivity contribution in [3.05, 3.63) is 58.6 Å². The van der Waals surface area contributed by atoms with Gasteiger partial charge in [0.25, 0.3) is 0 Å². The van der Waals surface area contributed by atoms with Gasteiger partial charge < -0.3 is 5.32 Å². The monoisotopic (exact) mass is 295 g/mol. The third-order valence-electron chi connectivity index (χ3n) is 3.06. The number of nitrogens with one attached hydrogen (secondary N) is 1. The Morgan fingerprint density at radius 1 is 1.15 bits per heavy atom. The van der Waals surface area contributed by atoms with Gasteiger partial charge in [0.2, 0.25) is 0 Å². The topological polar surface area (TPSA) is 12.0 Å². The highest BCUT2D eigenvalue weighted by Gasteiger charge is 2.11. The summed E-state index contributed by atoms with van der Waals surface area (Å²) in [4.78, 5) is 0. The lowest BCUT2D eigenvalue weighted by atomic mass is 10.0. The first-order valence-corrected chi connectivity index (χ1v) is 6.94. The van der Waals surface area contributed by atoms with Crippen LogP contribution in [0.3, 0.4) is 0 Å². The summed E-state index contributed by atoms with van der Waals surface area (Å²) in [5.41, 5.74) is 1.74. The van der Waals surface area contributed by atoms with Crippen LogP contribution in [0.5, 0.6) is 0 Å². The van der Waals surface area contributed by atoms with Crippen LogP contribution in [-0.4, -0.2) is 6.54 Å². The van der Waals surface area contributed by atoms with Crippen molar-refractivity contribution in [3.8, 4) is 11.1 Å². The Labute approximate surface area is 122 Å². The van der Waals surface area contributed by atoms with E-state index in [9.17, 15) is 8.78 Å². The molecule has 20 heavy (non-hydrogen) atoms. The largest absolute Gasteiger partial charge is 0.313 e. The molecule has 1 nitrogen and oxygen atoms in total. The summed E-state index contributed by atoms with van der Waals surface area (Å²) >= 11 is 6.19. The Balaban J connectivity index is 2.26. The summed E-state index contributed by atoms with van der Waals surface area (Å²) < 4.78 is 27.0. The van der Waals surface area contributed by atoms with Gasteiger partial charge in [0.1, 0.15) is 0 Å². The van der Waals surface area contributed by atoms with Crippen LogP contribution in [-0.2, 0) is 6.54 Å². The SMILES string of the molecule is CCCNCc1ccc(-c2cccc(F)c2F)cc1Cl. The fourth-order valence-electron chi connectivity index (χ4n) is 1.98. The van der Waals surface area contributed by atoms with Gasteiger partial charge >= 0.3 is 0 Å². The summed E-state index contributed by atoms with van der Waals surface area (Å²) in [7, 11) is 0. The molecule has 0 unspecified atom stereocenters. The van der Waals surface area contributed by atoms with Crippen molar-refractivity contribution < 1.29 is 8.78 Å². The molecular weight excluding hydrogens is 280 g/mol. The van der Waals surface area contributed by atoms with Crippen LogP contribution in [0.2, 0.25) is 5.02 Å². The minimum absolute atomic E-state index is 0.222. The number of halogens is 3. The standard InChI is InChI=1S/C16H16ClF2N/c1-2-8-20-10-12-7-6-11(9-14(12)17)13-4-3-5-15(18)16(13)19/h3-7,9,20H,2,8,10H2,1H3. The molecule has 0 bridgehead atoms. The van der Waals surface area contributed by atoms with Crippen LogP contribution in [0.15, 0.2) is 36.4 Å². The second-order valence-electron chi connectivity index (χ2n) is 4.58. The second kappa shape index (κ2) is 6.82. The van der Waals surface area contributed by atoms with Crippen molar-refractivity contribution in [2.24, 2.45) is 0 Å². The molecule has 0 amide bonds. The van der Waals surface area contributed by atoms with Crippen LogP contribution >= 0.6 is 11.6 Å². The van der Waals surface area contributed by atoms with Crippen molar-refractivity contribution in [2.45, 2.75) is 19.9 Å². The number of rotatable bonds is 5.